The van der Waals surface area contributed by atoms with Gasteiger partial charge in [0.25, 0.3) is 0 Å². The van der Waals surface area contributed by atoms with Gasteiger partial charge in [0.05, 0.1) is 23.5 Å². The topological polar surface area (TPSA) is 149 Å². The molecule has 2 saturated carbocycles. The monoisotopic (exact) mass is 530 g/mol. The molecule has 210 valence electrons. The summed E-state index contributed by atoms with van der Waals surface area (Å²) in [5.41, 5.74) is -2.67. The van der Waals surface area contributed by atoms with Gasteiger partial charge in [0, 0.05) is 23.8 Å². The Labute approximate surface area is 224 Å². The third-order valence-corrected chi connectivity index (χ3v) is 11.3. The van der Waals surface area contributed by atoms with Crippen molar-refractivity contribution in [3.05, 3.63) is 22.8 Å². The number of allylic oxidation sites excluding steroid dienone is 2. The number of carbonyl (C=O) groups is 4. The van der Waals surface area contributed by atoms with E-state index < -0.39 is 69.3 Å². The first-order chi connectivity index (χ1) is 17.4. The molecule has 4 N–H and O–H groups in total. The molecule has 8 heteroatoms. The van der Waals surface area contributed by atoms with Crippen molar-refractivity contribution in [2.45, 2.75) is 98.9 Å². The Hall–Kier alpha value is -2.16. The molecule has 4 rings (SSSR count). The van der Waals surface area contributed by atoms with Gasteiger partial charge in [-0.2, -0.15) is 0 Å². The molecule has 0 radical (unpaired) electrons. The molecular formula is C30H42O8. The van der Waals surface area contributed by atoms with E-state index in [1.165, 1.54) is 13.0 Å². The average Bonchev–Trinajstić information content (AvgIpc) is 3.03. The lowest BCUT2D eigenvalue weighted by molar-refractivity contribution is -0.156. The summed E-state index contributed by atoms with van der Waals surface area (Å²) in [5.74, 6) is -3.88. The smallest absolute Gasteiger partial charge is 0.306 e. The van der Waals surface area contributed by atoms with E-state index in [-0.39, 0.29) is 24.5 Å². The normalized spacial score (nSPS) is 43.3. The fourth-order valence-electron chi connectivity index (χ4n) is 8.71. The predicted molar refractivity (Wildman–Crippen MR) is 139 cm³/mol. The van der Waals surface area contributed by atoms with E-state index in [9.17, 15) is 34.5 Å². The summed E-state index contributed by atoms with van der Waals surface area (Å²) >= 11 is 0. The fourth-order valence-corrected chi connectivity index (χ4v) is 8.71. The molecule has 4 aliphatic rings. The summed E-state index contributed by atoms with van der Waals surface area (Å²) in [6.45, 7) is 12.4. The summed E-state index contributed by atoms with van der Waals surface area (Å²) in [7, 11) is 0. The number of carboxylic acids is 1. The number of hydrogen-bond acceptors (Lipinski definition) is 7. The maximum absolute atomic E-state index is 14.1. The van der Waals surface area contributed by atoms with Crippen molar-refractivity contribution in [2.24, 2.45) is 39.4 Å². The minimum Gasteiger partial charge on any atom is -0.481 e. The highest BCUT2D eigenvalue weighted by molar-refractivity contribution is 6.08. The summed E-state index contributed by atoms with van der Waals surface area (Å²) in [6.07, 6.45) is -0.790. The molecule has 0 bridgehead atoms. The zero-order chi connectivity index (χ0) is 28.7. The molecule has 9 atom stereocenters. The molecule has 2 unspecified atom stereocenters. The lowest BCUT2D eigenvalue weighted by atomic mass is 9.42. The molecule has 0 aliphatic heterocycles. The van der Waals surface area contributed by atoms with Crippen LogP contribution in [0.5, 0.6) is 0 Å². The van der Waals surface area contributed by atoms with E-state index in [0.717, 1.165) is 0 Å². The van der Waals surface area contributed by atoms with E-state index in [4.69, 9.17) is 5.11 Å². The van der Waals surface area contributed by atoms with Crippen LogP contribution in [0.1, 0.15) is 80.6 Å². The van der Waals surface area contributed by atoms with Crippen molar-refractivity contribution < 1.29 is 39.6 Å². The third kappa shape index (κ3) is 3.59. The van der Waals surface area contributed by atoms with Crippen molar-refractivity contribution in [1.82, 2.24) is 0 Å². The lowest BCUT2D eigenvalue weighted by Gasteiger charge is -2.62. The molecule has 0 aromatic heterocycles. The van der Waals surface area contributed by atoms with Gasteiger partial charge >= 0.3 is 5.97 Å². The number of aliphatic hydroxyl groups excluding tert-OH is 3. The lowest BCUT2D eigenvalue weighted by Crippen LogP contribution is -2.64. The number of aliphatic hydroxyl groups is 3. The first-order valence-electron chi connectivity index (χ1n) is 13.7. The van der Waals surface area contributed by atoms with Gasteiger partial charge in [0.15, 0.2) is 11.6 Å². The summed E-state index contributed by atoms with van der Waals surface area (Å²) in [5, 5.41) is 43.2. The quantitative estimate of drug-likeness (QED) is 0.396. The SMILES string of the molecule is C/C(=C/C(=O)CC(C)C(=O)O)[C@H]1CC(=O)[C@@]2(C)C3=C(C(=O)[C@@H](O)[C@]12C)[C@@]1(C)CC[C@H](O)C(C)(C)C1C[C@@H]3O. The van der Waals surface area contributed by atoms with Crippen LogP contribution in [-0.2, 0) is 19.2 Å². The first-order valence-corrected chi connectivity index (χ1v) is 13.7. The highest BCUT2D eigenvalue weighted by Gasteiger charge is 2.73. The van der Waals surface area contributed by atoms with E-state index in [1.807, 2.05) is 20.8 Å². The van der Waals surface area contributed by atoms with Gasteiger partial charge in [-0.1, -0.05) is 40.2 Å². The number of fused-ring (bicyclic) bond motifs is 4. The molecule has 0 aromatic carbocycles. The average molecular weight is 531 g/mol. The van der Waals surface area contributed by atoms with Crippen LogP contribution in [0.3, 0.4) is 0 Å². The molecule has 8 nitrogen and oxygen atoms in total. The van der Waals surface area contributed by atoms with Gasteiger partial charge in [0.2, 0.25) is 0 Å². The van der Waals surface area contributed by atoms with Gasteiger partial charge in [0.1, 0.15) is 11.9 Å². The van der Waals surface area contributed by atoms with E-state index >= 15 is 0 Å². The number of aliphatic carboxylic acids is 1. The third-order valence-electron chi connectivity index (χ3n) is 11.3. The van der Waals surface area contributed by atoms with E-state index in [2.05, 4.69) is 0 Å². The molecule has 0 spiro atoms. The van der Waals surface area contributed by atoms with Gasteiger partial charge in [-0.15, -0.1) is 0 Å². The molecule has 0 amide bonds. The van der Waals surface area contributed by atoms with Crippen molar-refractivity contribution in [1.29, 1.82) is 0 Å². The van der Waals surface area contributed by atoms with Crippen molar-refractivity contribution in [3.8, 4) is 0 Å². The summed E-state index contributed by atoms with van der Waals surface area (Å²) in [4.78, 5) is 51.9. The second-order valence-corrected chi connectivity index (χ2v) is 13.5. The van der Waals surface area contributed by atoms with Crippen molar-refractivity contribution >= 4 is 23.3 Å². The summed E-state index contributed by atoms with van der Waals surface area (Å²) in [6, 6.07) is 0. The Balaban J connectivity index is 1.85. The highest BCUT2D eigenvalue weighted by Crippen LogP contribution is 2.70. The predicted octanol–water partition coefficient (Wildman–Crippen LogP) is 3.02. The Bertz CT molecular complexity index is 1160. The van der Waals surface area contributed by atoms with Crippen LogP contribution in [0.25, 0.3) is 0 Å². The molecule has 0 saturated heterocycles. The van der Waals surface area contributed by atoms with Crippen LogP contribution in [-0.4, -0.2) is 62.1 Å². The Morgan fingerprint density at radius 1 is 1.08 bits per heavy atom. The first kappa shape index (κ1) is 28.8. The van der Waals surface area contributed by atoms with Crippen LogP contribution in [0.2, 0.25) is 0 Å². The number of hydrogen-bond donors (Lipinski definition) is 4. The molecule has 0 heterocycles. The summed E-state index contributed by atoms with van der Waals surface area (Å²) < 4.78 is 0. The maximum Gasteiger partial charge on any atom is 0.306 e. The van der Waals surface area contributed by atoms with Gasteiger partial charge in [-0.3, -0.25) is 19.2 Å². The number of carbonyl (C=O) groups excluding carboxylic acids is 3. The maximum atomic E-state index is 14.1. The highest BCUT2D eigenvalue weighted by atomic mass is 16.4. The molecule has 0 aromatic rings. The van der Waals surface area contributed by atoms with Gasteiger partial charge < -0.3 is 20.4 Å². The van der Waals surface area contributed by atoms with Crippen LogP contribution in [0.15, 0.2) is 22.8 Å². The number of Topliss-reactive ketones (excluding diaryl/α,β-unsaturated/α-hetero) is 2. The number of carboxylic acid groups (broad SMARTS) is 1. The fraction of sp³-hybridized carbons (Fsp3) is 0.733. The Morgan fingerprint density at radius 3 is 2.26 bits per heavy atom. The minimum atomic E-state index is -1.53. The standard InChI is InChI=1S/C30H42O8/c1-14(10-16(31)11-15(2)26(37)38)17-12-21(34)30(7)22-18(32)13-19-27(3,4)20(33)8-9-28(19,5)23(22)24(35)25(36)29(17,30)6/h10,15,17-20,25,32-33,36H,8-9,11-13H2,1-7H3,(H,37,38)/b14-10-/t15?,17-,18+,19?,20+,25-,28+,29+,30+/m1/s1. The second kappa shape index (κ2) is 8.93. The Morgan fingerprint density at radius 2 is 1.68 bits per heavy atom. The zero-order valence-corrected chi connectivity index (χ0v) is 23.5. The van der Waals surface area contributed by atoms with Crippen molar-refractivity contribution in [2.75, 3.05) is 0 Å². The Kier molecular flexibility index (Phi) is 6.78. The van der Waals surface area contributed by atoms with Gasteiger partial charge in [-0.25, -0.2) is 0 Å². The largest absolute Gasteiger partial charge is 0.481 e. The van der Waals surface area contributed by atoms with Gasteiger partial charge in [-0.05, 0) is 67.4 Å². The minimum absolute atomic E-state index is 0.00468. The van der Waals surface area contributed by atoms with Crippen LogP contribution in [0, 0.1) is 39.4 Å². The van der Waals surface area contributed by atoms with Crippen molar-refractivity contribution in [3.63, 3.8) is 0 Å². The van der Waals surface area contributed by atoms with Crippen LogP contribution < -0.4 is 0 Å². The zero-order valence-electron chi connectivity index (χ0n) is 23.5. The number of rotatable bonds is 5. The van der Waals surface area contributed by atoms with E-state index in [1.54, 1.807) is 20.8 Å². The van der Waals surface area contributed by atoms with Crippen LogP contribution in [0.4, 0.5) is 0 Å². The molecule has 38 heavy (non-hydrogen) atoms. The molecule has 2 fully saturated rings. The molecule has 4 aliphatic carbocycles. The number of ketones is 3. The van der Waals surface area contributed by atoms with Crippen LogP contribution >= 0.6 is 0 Å². The van der Waals surface area contributed by atoms with E-state index in [0.29, 0.717) is 36.0 Å². The molecular weight excluding hydrogens is 488 g/mol. The second-order valence-electron chi connectivity index (χ2n) is 13.5.